The van der Waals surface area contributed by atoms with Crippen LogP contribution in [-0.4, -0.2) is 170 Å². The van der Waals surface area contributed by atoms with E-state index in [4.69, 9.17) is 33.1 Å². The third kappa shape index (κ3) is 28.8. The van der Waals surface area contributed by atoms with Gasteiger partial charge in [0, 0.05) is 69.3 Å². The molecule has 20 N–H and O–H groups in total. The number of guanidine groups is 1. The molecule has 31 heteroatoms. The second-order valence-electron chi connectivity index (χ2n) is 22.4. The molecule has 506 valence electrons. The third-order valence-electron chi connectivity index (χ3n) is 15.1. The number of amides is 10. The van der Waals surface area contributed by atoms with Crippen molar-refractivity contribution >= 4 is 89.6 Å². The van der Waals surface area contributed by atoms with Crippen LogP contribution in [0.2, 0.25) is 0 Å². The van der Waals surface area contributed by atoms with Crippen LogP contribution >= 0.6 is 12.6 Å². The van der Waals surface area contributed by atoms with Gasteiger partial charge in [0.25, 0.3) is 0 Å². The number of aromatic nitrogens is 2. The van der Waals surface area contributed by atoms with E-state index in [1.807, 2.05) is 0 Å². The maximum Gasteiger partial charge on any atom is 0.303 e. The Morgan fingerprint density at radius 2 is 0.978 bits per heavy atom. The number of rotatable bonds is 44. The van der Waals surface area contributed by atoms with E-state index >= 15 is 0 Å². The van der Waals surface area contributed by atoms with Gasteiger partial charge in [0.05, 0.1) is 12.4 Å². The van der Waals surface area contributed by atoms with E-state index in [1.165, 1.54) is 12.5 Å². The summed E-state index contributed by atoms with van der Waals surface area (Å²) < 4.78 is 0. The maximum atomic E-state index is 14.7. The number of carbonyl (C=O) groups excluding carboxylic acids is 10. The van der Waals surface area contributed by atoms with Gasteiger partial charge in [-0.1, -0.05) is 108 Å². The van der Waals surface area contributed by atoms with Crippen LogP contribution in [-0.2, 0) is 76.8 Å². The molecule has 3 rings (SSSR count). The summed E-state index contributed by atoms with van der Waals surface area (Å²) in [7, 11) is 0. The van der Waals surface area contributed by atoms with Crippen molar-refractivity contribution in [1.82, 2.24) is 57.8 Å². The number of carbonyl (C=O) groups is 12. The van der Waals surface area contributed by atoms with Gasteiger partial charge < -0.3 is 86.0 Å². The fraction of sp³-hybridized carbons (Fsp3) is 0.541. The number of imidazole rings is 1. The molecule has 0 saturated heterocycles. The standard InChI is InChI=1S/C61H92N16O14S/c1-5-35(3)50(77-58(89)46(33-92)75-56(87)43(29-37-17-10-7-11-18-37)72-52(83)40(62)23-26-49(81)82)59(90)71-42(24-25-47(63)78)54(85)76-51(36(4)6-2)60(91)74-45(31-39-32-66-34-69-39)57(88)73-44(30-38-19-12-8-13-20-38)55(86)70-41(21-16-28-68-61(64)65)53(84)67-27-15-9-14-22-48(79)80/h7-8,10-13,17-20,32,34-36,40-46,50-51,92H,5-6,9,14-16,21-31,33,62H2,1-4H3,(H2,63,78)(H,66,69)(H,67,84)(H,70,86)(H,71,90)(H,72,83)(H,73,88)(H,74,91)(H,75,87)(H,76,85)(H,77,89)(H,79,80)(H,81,82)(H4,64,65,68)/t35-,36-,40-,41-,42-,43-,44-,45-,46-,50-,51-/m0/s1. The van der Waals surface area contributed by atoms with Gasteiger partial charge in [-0.05, 0) is 61.5 Å². The first kappa shape index (κ1) is 77.1. The molecule has 0 radical (unpaired) electrons. The minimum atomic E-state index is -1.56. The zero-order valence-corrected chi connectivity index (χ0v) is 53.3. The van der Waals surface area contributed by atoms with Gasteiger partial charge in [-0.2, -0.15) is 12.6 Å². The summed E-state index contributed by atoms with van der Waals surface area (Å²) >= 11 is 4.30. The quantitative estimate of drug-likeness (QED) is 0.0134. The zero-order chi connectivity index (χ0) is 68.3. The molecular formula is C61H92N16O14S. The molecule has 0 spiro atoms. The Hall–Kier alpha value is -9.13. The number of aromatic amines is 1. The van der Waals surface area contributed by atoms with Crippen molar-refractivity contribution < 1.29 is 67.7 Å². The van der Waals surface area contributed by atoms with Crippen molar-refractivity contribution in [2.75, 3.05) is 18.8 Å². The summed E-state index contributed by atoms with van der Waals surface area (Å²) in [4.78, 5) is 173. The Morgan fingerprint density at radius 3 is 1.46 bits per heavy atom. The molecule has 10 amide bonds. The smallest absolute Gasteiger partial charge is 0.303 e. The number of hydrogen-bond acceptors (Lipinski definition) is 16. The van der Waals surface area contributed by atoms with Crippen molar-refractivity contribution in [1.29, 1.82) is 0 Å². The number of thiol groups is 1. The summed E-state index contributed by atoms with van der Waals surface area (Å²) in [5.74, 6) is -12.2. The van der Waals surface area contributed by atoms with E-state index in [-0.39, 0.29) is 82.6 Å². The number of nitrogens with one attached hydrogen (secondary N) is 10. The van der Waals surface area contributed by atoms with E-state index in [0.29, 0.717) is 42.5 Å². The molecule has 1 aromatic heterocycles. The second-order valence-corrected chi connectivity index (χ2v) is 22.8. The van der Waals surface area contributed by atoms with Crippen LogP contribution in [0.5, 0.6) is 0 Å². The molecule has 0 aliphatic rings. The molecule has 3 aromatic rings. The highest BCUT2D eigenvalue weighted by atomic mass is 32.1. The zero-order valence-electron chi connectivity index (χ0n) is 52.5. The second kappa shape index (κ2) is 41.3. The fourth-order valence-corrected chi connectivity index (χ4v) is 9.58. The van der Waals surface area contributed by atoms with E-state index in [9.17, 15) is 57.5 Å². The van der Waals surface area contributed by atoms with Crippen LogP contribution in [0.3, 0.4) is 0 Å². The van der Waals surface area contributed by atoms with Crippen LogP contribution in [0.15, 0.2) is 78.2 Å². The van der Waals surface area contributed by atoms with Crippen LogP contribution in [0.25, 0.3) is 0 Å². The summed E-state index contributed by atoms with van der Waals surface area (Å²) in [6.45, 7) is 7.06. The van der Waals surface area contributed by atoms with Gasteiger partial charge >= 0.3 is 11.9 Å². The predicted octanol–water partition coefficient (Wildman–Crippen LogP) is -1.39. The fourth-order valence-electron chi connectivity index (χ4n) is 9.32. The van der Waals surface area contributed by atoms with Gasteiger partial charge in [0.1, 0.15) is 48.3 Å². The Bertz CT molecular complexity index is 2920. The maximum absolute atomic E-state index is 14.7. The molecule has 30 nitrogen and oxygen atoms in total. The lowest BCUT2D eigenvalue weighted by molar-refractivity contribution is -0.138. The van der Waals surface area contributed by atoms with Gasteiger partial charge in [-0.15, -0.1) is 0 Å². The first-order valence-corrected chi connectivity index (χ1v) is 31.3. The number of benzene rings is 2. The summed E-state index contributed by atoms with van der Waals surface area (Å²) in [6, 6.07) is 4.88. The molecule has 92 heavy (non-hydrogen) atoms. The lowest BCUT2D eigenvalue weighted by atomic mass is 9.95. The third-order valence-corrected chi connectivity index (χ3v) is 15.5. The molecule has 0 aliphatic carbocycles. The van der Waals surface area contributed by atoms with Crippen molar-refractivity contribution in [2.45, 2.75) is 178 Å². The number of carboxylic acids is 2. The first-order valence-electron chi connectivity index (χ1n) is 30.7. The summed E-state index contributed by atoms with van der Waals surface area (Å²) in [5, 5.41) is 42.2. The van der Waals surface area contributed by atoms with Gasteiger partial charge in [-0.3, -0.25) is 62.5 Å². The number of hydrogen-bond donors (Lipinski definition) is 17. The Kier molecular flexibility index (Phi) is 34.6. The molecule has 0 unspecified atom stereocenters. The predicted molar refractivity (Wildman–Crippen MR) is 343 cm³/mol. The highest BCUT2D eigenvalue weighted by Gasteiger charge is 2.38. The van der Waals surface area contributed by atoms with Gasteiger partial charge in [-0.25, -0.2) is 4.98 Å². The van der Waals surface area contributed by atoms with E-state index in [0.717, 1.165) is 0 Å². The van der Waals surface area contributed by atoms with E-state index in [2.05, 4.69) is 75.4 Å². The molecule has 11 atom stereocenters. The molecule has 2 aromatic carbocycles. The Morgan fingerprint density at radius 1 is 0.522 bits per heavy atom. The lowest BCUT2D eigenvalue weighted by Gasteiger charge is -2.30. The molecule has 0 aliphatic heterocycles. The van der Waals surface area contributed by atoms with Crippen LogP contribution in [0.4, 0.5) is 0 Å². The Labute approximate surface area is 540 Å². The number of aliphatic imine (C=N–C) groups is 1. The molecule has 0 saturated carbocycles. The van der Waals surface area contributed by atoms with Gasteiger partial charge in [0.2, 0.25) is 59.1 Å². The molecule has 0 bridgehead atoms. The minimum absolute atomic E-state index is 0.0318. The number of unbranched alkanes of at least 4 members (excludes halogenated alkanes) is 2. The highest BCUT2D eigenvalue weighted by Crippen LogP contribution is 2.15. The monoisotopic (exact) mass is 1300 g/mol. The summed E-state index contributed by atoms with van der Waals surface area (Å²) in [6.07, 6.45) is 3.21. The lowest BCUT2D eigenvalue weighted by Crippen LogP contribution is -2.62. The number of H-pyrrole nitrogens is 1. The van der Waals surface area contributed by atoms with Crippen LogP contribution in [0.1, 0.15) is 122 Å². The topological polar surface area (TPSA) is 499 Å². The van der Waals surface area contributed by atoms with Crippen molar-refractivity contribution in [3.8, 4) is 0 Å². The number of aliphatic carboxylic acids is 2. The number of carboxylic acid groups (broad SMARTS) is 2. The van der Waals surface area contributed by atoms with Crippen molar-refractivity contribution in [3.63, 3.8) is 0 Å². The van der Waals surface area contributed by atoms with Crippen molar-refractivity contribution in [3.05, 3.63) is 90.0 Å². The largest absolute Gasteiger partial charge is 0.481 e. The van der Waals surface area contributed by atoms with E-state index in [1.54, 1.807) is 88.4 Å². The average Bonchev–Trinajstić information content (AvgIpc) is 1.32. The Balaban J connectivity index is 1.92. The SMILES string of the molecule is CC[C@H](C)[C@H](NC(=O)[C@H](CCC(N)=O)NC(=O)[C@@H](NC(=O)[C@H](CS)NC(=O)[C@H](Cc1ccccc1)NC(=O)[C@@H](N)CCC(=O)O)[C@@H](C)CC)C(=O)N[C@@H](Cc1cnc[nH]1)C(=O)N[C@@H](Cc1ccccc1)C(=O)N[C@@H](CCCN=C(N)N)C(=O)NCCCCCC(=O)O. The summed E-state index contributed by atoms with van der Waals surface area (Å²) in [5.41, 5.74) is 24.1. The van der Waals surface area contributed by atoms with Gasteiger partial charge in [0.15, 0.2) is 5.96 Å². The molecule has 0 fully saturated rings. The molecule has 1 heterocycles. The number of nitrogens with two attached hydrogens (primary N) is 4. The van der Waals surface area contributed by atoms with Crippen molar-refractivity contribution in [2.24, 2.45) is 39.8 Å². The van der Waals surface area contributed by atoms with Crippen LogP contribution in [0, 0.1) is 11.8 Å². The first-order chi connectivity index (χ1) is 43.8. The van der Waals surface area contributed by atoms with E-state index < -0.39 is 150 Å². The minimum Gasteiger partial charge on any atom is -0.481 e. The number of primary amides is 1. The number of nitrogens with zero attached hydrogens (tertiary/aromatic N) is 2. The normalized spacial score (nSPS) is 14.6. The average molecular weight is 1310 g/mol. The van der Waals surface area contributed by atoms with Crippen LogP contribution < -0.4 is 70.8 Å². The highest BCUT2D eigenvalue weighted by molar-refractivity contribution is 7.80. The molecular weight excluding hydrogens is 1210 g/mol.